The Bertz CT molecular complexity index is 1400. The normalized spacial score (nSPS) is 15.0. The number of hydrogen-bond acceptors (Lipinski definition) is 6. The van der Waals surface area contributed by atoms with Crippen LogP contribution in [-0.4, -0.2) is 58.3 Å². The second-order valence-corrected chi connectivity index (χ2v) is 11.0. The highest BCUT2D eigenvalue weighted by Crippen LogP contribution is 2.32. The highest BCUT2D eigenvalue weighted by molar-refractivity contribution is 6.30. The summed E-state index contributed by atoms with van der Waals surface area (Å²) in [5.74, 6) is -2.42. The smallest absolute Gasteiger partial charge is 0.257 e. The largest absolute Gasteiger partial charge is 0.482 e. The summed E-state index contributed by atoms with van der Waals surface area (Å²) in [6.07, 6.45) is 0.153. The predicted molar refractivity (Wildman–Crippen MR) is 151 cm³/mol. The van der Waals surface area contributed by atoms with Crippen LogP contribution in [0.4, 0.5) is 20.3 Å². The molecular weight excluding hydrogens is 540 g/mol. The number of anilines is 2. The average Bonchev–Trinajstić information content (AvgIpc) is 2.92. The van der Waals surface area contributed by atoms with Crippen molar-refractivity contribution in [2.45, 2.75) is 39.3 Å². The fraction of sp³-hybridized carbons (Fsp3) is 0.345. The van der Waals surface area contributed by atoms with Crippen molar-refractivity contribution in [3.63, 3.8) is 0 Å². The van der Waals surface area contributed by atoms with E-state index in [1.54, 1.807) is 24.3 Å². The van der Waals surface area contributed by atoms with Gasteiger partial charge >= 0.3 is 0 Å². The number of hydrogen-bond donors (Lipinski definition) is 2. The molecule has 0 saturated carbocycles. The maximum absolute atomic E-state index is 14.4. The lowest BCUT2D eigenvalue weighted by molar-refractivity contribution is 0.0451. The lowest BCUT2D eigenvalue weighted by atomic mass is 10.0. The van der Waals surface area contributed by atoms with Crippen molar-refractivity contribution < 1.29 is 23.1 Å². The molecule has 8 nitrogen and oxygen atoms in total. The summed E-state index contributed by atoms with van der Waals surface area (Å²) in [7, 11) is 0. The number of benzene rings is 2. The maximum atomic E-state index is 14.4. The molecule has 0 aliphatic carbocycles. The van der Waals surface area contributed by atoms with Crippen molar-refractivity contribution in [1.82, 2.24) is 14.8 Å². The fourth-order valence-electron chi connectivity index (χ4n) is 4.50. The first kappa shape index (κ1) is 29.2. The second-order valence-electron chi connectivity index (χ2n) is 10.6. The standard InChI is InChI=1S/C29H32ClF2N5O3/c1-17(24-22(31)10-9-21(30)25(24)32)40-23-15-19(16-34-26(23)33)27(38)35-20-7-5-18(6-8-20)28(39)36-11-13-37(14-12-36)29(2,3)4/h5-10,15-17H,11-14H2,1-4H3,(H2,33,34)(H,35,38)/t17-/m1/s1. The van der Waals surface area contributed by atoms with Gasteiger partial charge in [-0.3, -0.25) is 14.5 Å². The first-order valence-electron chi connectivity index (χ1n) is 12.9. The van der Waals surface area contributed by atoms with Crippen LogP contribution in [0, 0.1) is 11.6 Å². The number of carbonyl (C=O) groups is 2. The van der Waals surface area contributed by atoms with Crippen LogP contribution < -0.4 is 15.8 Å². The van der Waals surface area contributed by atoms with Crippen LogP contribution in [0.1, 0.15) is 60.1 Å². The van der Waals surface area contributed by atoms with Crippen LogP contribution in [0.2, 0.25) is 5.02 Å². The lowest BCUT2D eigenvalue weighted by Gasteiger charge is -2.42. The van der Waals surface area contributed by atoms with E-state index in [-0.39, 0.29) is 39.2 Å². The van der Waals surface area contributed by atoms with Gasteiger partial charge in [-0.25, -0.2) is 13.8 Å². The topological polar surface area (TPSA) is 101 Å². The lowest BCUT2D eigenvalue weighted by Crippen LogP contribution is -2.54. The van der Waals surface area contributed by atoms with Gasteiger partial charge in [0.25, 0.3) is 11.8 Å². The van der Waals surface area contributed by atoms with Gasteiger partial charge in [0.1, 0.15) is 11.9 Å². The van der Waals surface area contributed by atoms with E-state index < -0.39 is 23.6 Å². The molecule has 2 heterocycles. The zero-order chi connectivity index (χ0) is 29.2. The molecule has 0 unspecified atom stereocenters. The minimum absolute atomic E-state index is 0.0218. The fourth-order valence-corrected chi connectivity index (χ4v) is 4.67. The van der Waals surface area contributed by atoms with Crippen LogP contribution in [0.5, 0.6) is 5.75 Å². The zero-order valence-corrected chi connectivity index (χ0v) is 23.6. The van der Waals surface area contributed by atoms with E-state index in [4.69, 9.17) is 22.1 Å². The number of ether oxygens (including phenoxy) is 1. The molecule has 1 aliphatic heterocycles. The molecule has 0 radical (unpaired) electrons. The molecule has 1 saturated heterocycles. The van der Waals surface area contributed by atoms with Gasteiger partial charge in [0, 0.05) is 49.2 Å². The Morgan fingerprint density at radius 1 is 1.05 bits per heavy atom. The number of pyridine rings is 1. The van der Waals surface area contributed by atoms with Gasteiger partial charge in [-0.15, -0.1) is 0 Å². The summed E-state index contributed by atoms with van der Waals surface area (Å²) >= 11 is 5.78. The molecule has 1 aromatic heterocycles. The highest BCUT2D eigenvalue weighted by atomic mass is 35.5. The number of nitrogens with two attached hydrogens (primary N) is 1. The van der Waals surface area contributed by atoms with Crippen molar-refractivity contribution in [2.24, 2.45) is 0 Å². The van der Waals surface area contributed by atoms with Crippen LogP contribution in [0.25, 0.3) is 0 Å². The minimum atomic E-state index is -1.11. The van der Waals surface area contributed by atoms with Gasteiger partial charge in [-0.05, 0) is 70.2 Å². The Hall–Kier alpha value is -3.76. The SMILES string of the molecule is C[C@@H](Oc1cc(C(=O)Nc2ccc(C(=O)N3CCN(C(C)(C)C)CC3)cc2)cnc1N)c1c(F)ccc(Cl)c1F. The number of nitrogens with one attached hydrogen (secondary N) is 1. The van der Waals surface area contributed by atoms with E-state index in [0.29, 0.717) is 24.3 Å². The van der Waals surface area contributed by atoms with Gasteiger partial charge < -0.3 is 20.7 Å². The van der Waals surface area contributed by atoms with Gasteiger partial charge in [-0.1, -0.05) is 11.6 Å². The van der Waals surface area contributed by atoms with E-state index in [1.807, 2.05) is 4.90 Å². The number of halogens is 3. The Morgan fingerprint density at radius 2 is 1.70 bits per heavy atom. The molecule has 40 heavy (non-hydrogen) atoms. The summed E-state index contributed by atoms with van der Waals surface area (Å²) < 4.78 is 34.3. The number of aromatic nitrogens is 1. The number of rotatable bonds is 6. The molecule has 1 fully saturated rings. The van der Waals surface area contributed by atoms with E-state index in [0.717, 1.165) is 25.2 Å². The van der Waals surface area contributed by atoms with Crippen molar-refractivity contribution in [2.75, 3.05) is 37.2 Å². The number of carbonyl (C=O) groups excluding carboxylic acids is 2. The van der Waals surface area contributed by atoms with Crippen molar-refractivity contribution in [3.8, 4) is 5.75 Å². The summed E-state index contributed by atoms with van der Waals surface area (Å²) in [6.45, 7) is 10.8. The first-order valence-corrected chi connectivity index (χ1v) is 13.2. The molecule has 0 bridgehead atoms. The van der Waals surface area contributed by atoms with Crippen molar-refractivity contribution in [3.05, 3.63) is 82.0 Å². The first-order chi connectivity index (χ1) is 18.8. The molecule has 1 atom stereocenters. The van der Waals surface area contributed by atoms with Crippen LogP contribution in [0.15, 0.2) is 48.7 Å². The van der Waals surface area contributed by atoms with E-state index in [1.165, 1.54) is 19.2 Å². The third-order valence-corrected chi connectivity index (χ3v) is 7.13. The Balaban J connectivity index is 1.41. The number of piperazine rings is 1. The minimum Gasteiger partial charge on any atom is -0.482 e. The molecule has 2 aromatic carbocycles. The molecule has 3 aromatic rings. The maximum Gasteiger partial charge on any atom is 0.257 e. The predicted octanol–water partition coefficient (Wildman–Crippen LogP) is 5.54. The molecule has 0 spiro atoms. The number of nitrogens with zero attached hydrogens (tertiary/aromatic N) is 3. The third-order valence-electron chi connectivity index (χ3n) is 6.84. The van der Waals surface area contributed by atoms with E-state index in [9.17, 15) is 18.4 Å². The monoisotopic (exact) mass is 571 g/mol. The molecular formula is C29H32ClF2N5O3. The molecule has 11 heteroatoms. The third kappa shape index (κ3) is 6.51. The summed E-state index contributed by atoms with van der Waals surface area (Å²) in [4.78, 5) is 34.0. The van der Waals surface area contributed by atoms with E-state index >= 15 is 0 Å². The van der Waals surface area contributed by atoms with E-state index in [2.05, 4.69) is 36.0 Å². The van der Waals surface area contributed by atoms with Crippen molar-refractivity contribution in [1.29, 1.82) is 0 Å². The van der Waals surface area contributed by atoms with Gasteiger partial charge in [0.2, 0.25) is 0 Å². The average molecular weight is 572 g/mol. The summed E-state index contributed by atoms with van der Waals surface area (Å²) in [5.41, 5.74) is 6.69. The quantitative estimate of drug-likeness (QED) is 0.377. The summed E-state index contributed by atoms with van der Waals surface area (Å²) in [6, 6.07) is 10.1. The molecule has 212 valence electrons. The second kappa shape index (κ2) is 11.8. The Labute approximate surface area is 237 Å². The molecule has 3 N–H and O–H groups in total. The molecule has 2 amide bonds. The zero-order valence-electron chi connectivity index (χ0n) is 22.8. The van der Waals surface area contributed by atoms with Crippen LogP contribution >= 0.6 is 11.6 Å². The van der Waals surface area contributed by atoms with Crippen LogP contribution in [-0.2, 0) is 0 Å². The highest BCUT2D eigenvalue weighted by Gasteiger charge is 2.28. The van der Waals surface area contributed by atoms with Gasteiger partial charge in [-0.2, -0.15) is 0 Å². The molecule has 1 aliphatic rings. The molecule has 4 rings (SSSR count). The Morgan fingerprint density at radius 3 is 2.33 bits per heavy atom. The number of amides is 2. The number of nitrogen functional groups attached to an aromatic ring is 1. The van der Waals surface area contributed by atoms with Crippen molar-refractivity contribution >= 4 is 34.9 Å². The van der Waals surface area contributed by atoms with Gasteiger partial charge in [0.15, 0.2) is 17.4 Å². The van der Waals surface area contributed by atoms with Crippen LogP contribution in [0.3, 0.4) is 0 Å². The Kier molecular flexibility index (Phi) is 8.60. The summed E-state index contributed by atoms with van der Waals surface area (Å²) in [5, 5.41) is 2.49. The van der Waals surface area contributed by atoms with Gasteiger partial charge in [0.05, 0.1) is 16.1 Å².